The monoisotopic (exact) mass is 283 g/mol. The van der Waals surface area contributed by atoms with E-state index in [1.165, 1.54) is 12.8 Å². The predicted octanol–water partition coefficient (Wildman–Crippen LogP) is 4.09. The van der Waals surface area contributed by atoms with Gasteiger partial charge in [0, 0.05) is 12.2 Å². The minimum absolute atomic E-state index is 0.218. The lowest BCUT2D eigenvalue weighted by Crippen LogP contribution is -2.05. The number of benzene rings is 1. The van der Waals surface area contributed by atoms with Gasteiger partial charge < -0.3 is 4.57 Å². The molecule has 4 heteroatoms. The van der Waals surface area contributed by atoms with Crippen LogP contribution >= 0.6 is 11.6 Å². The first-order chi connectivity index (χ1) is 9.84. The molecule has 0 spiro atoms. The molecular formula is C16H14ClN3. The third-order valence-electron chi connectivity index (χ3n) is 3.75. The quantitative estimate of drug-likeness (QED) is 0.678. The summed E-state index contributed by atoms with van der Waals surface area (Å²) >= 11 is 6.68. The first kappa shape index (κ1) is 11.9. The molecule has 100 valence electrons. The average molecular weight is 284 g/mol. The van der Waals surface area contributed by atoms with Crippen LogP contribution < -0.4 is 0 Å². The number of alkyl halides is 1. The number of hydrogen-bond acceptors (Lipinski definition) is 2. The lowest BCUT2D eigenvalue weighted by Gasteiger charge is -2.12. The first-order valence-electron chi connectivity index (χ1n) is 6.85. The molecule has 0 radical (unpaired) electrons. The van der Waals surface area contributed by atoms with Crippen LogP contribution in [0.2, 0.25) is 0 Å². The Labute approximate surface area is 122 Å². The summed E-state index contributed by atoms with van der Waals surface area (Å²) in [6.07, 6.45) is 6.04. The Morgan fingerprint density at radius 2 is 1.95 bits per heavy atom. The van der Waals surface area contributed by atoms with Gasteiger partial charge in [-0.3, -0.25) is 4.98 Å². The number of aromatic nitrogens is 3. The largest absolute Gasteiger partial charge is 0.323 e. The van der Waals surface area contributed by atoms with Crippen LogP contribution in [0.3, 0.4) is 0 Å². The summed E-state index contributed by atoms with van der Waals surface area (Å²) in [5.74, 6) is 0.934. The summed E-state index contributed by atoms with van der Waals surface area (Å²) in [6, 6.07) is 12.7. The second-order valence-corrected chi connectivity index (χ2v) is 5.65. The number of nitrogens with zero attached hydrogens (tertiary/aromatic N) is 3. The Bertz CT molecular complexity index is 747. The van der Waals surface area contributed by atoms with Crippen LogP contribution in [0.25, 0.3) is 11.0 Å². The van der Waals surface area contributed by atoms with E-state index >= 15 is 0 Å². The highest BCUT2D eigenvalue weighted by Crippen LogP contribution is 2.41. The van der Waals surface area contributed by atoms with Gasteiger partial charge in [-0.05, 0) is 24.5 Å². The summed E-state index contributed by atoms with van der Waals surface area (Å²) in [5, 5.41) is -0.218. The van der Waals surface area contributed by atoms with Crippen molar-refractivity contribution in [1.29, 1.82) is 0 Å². The number of rotatable bonds is 3. The van der Waals surface area contributed by atoms with Crippen molar-refractivity contribution in [3.8, 4) is 0 Å². The number of hydrogen-bond donors (Lipinski definition) is 0. The molecular weight excluding hydrogens is 270 g/mol. The van der Waals surface area contributed by atoms with Gasteiger partial charge in [-0.25, -0.2) is 4.98 Å². The summed E-state index contributed by atoms with van der Waals surface area (Å²) < 4.78 is 2.29. The van der Waals surface area contributed by atoms with Crippen molar-refractivity contribution < 1.29 is 0 Å². The molecule has 2 aromatic heterocycles. The lowest BCUT2D eigenvalue weighted by atomic mass is 10.1. The van der Waals surface area contributed by atoms with Crippen molar-refractivity contribution in [2.75, 3.05) is 0 Å². The van der Waals surface area contributed by atoms with Gasteiger partial charge in [-0.1, -0.05) is 30.3 Å². The van der Waals surface area contributed by atoms with Crippen LogP contribution in [-0.4, -0.2) is 14.5 Å². The zero-order chi connectivity index (χ0) is 13.5. The number of imidazole rings is 1. The molecule has 0 N–H and O–H groups in total. The van der Waals surface area contributed by atoms with Gasteiger partial charge in [0.05, 0.1) is 11.7 Å². The van der Waals surface area contributed by atoms with E-state index in [2.05, 4.69) is 9.55 Å². The fourth-order valence-electron chi connectivity index (χ4n) is 2.64. The van der Waals surface area contributed by atoms with Crippen molar-refractivity contribution in [3.63, 3.8) is 0 Å². The summed E-state index contributed by atoms with van der Waals surface area (Å²) in [6.45, 7) is 0. The van der Waals surface area contributed by atoms with Crippen molar-refractivity contribution in [2.45, 2.75) is 24.3 Å². The number of pyridine rings is 1. The average Bonchev–Trinajstić information content (AvgIpc) is 3.27. The van der Waals surface area contributed by atoms with E-state index in [0.717, 1.165) is 22.4 Å². The SMILES string of the molecule is ClC(c1ccccc1)c1nc2cnccc2n1C1CC1. The molecule has 1 aliphatic rings. The standard InChI is InChI=1S/C16H14ClN3/c17-15(11-4-2-1-3-5-11)16-19-13-10-18-9-8-14(13)20(16)12-6-7-12/h1-5,8-10,12,15H,6-7H2. The van der Waals surface area contributed by atoms with Crippen molar-refractivity contribution in [1.82, 2.24) is 14.5 Å². The van der Waals surface area contributed by atoms with E-state index in [9.17, 15) is 0 Å². The molecule has 1 saturated carbocycles. The number of fused-ring (bicyclic) bond motifs is 1. The molecule has 1 fully saturated rings. The van der Waals surface area contributed by atoms with Crippen LogP contribution in [0.4, 0.5) is 0 Å². The summed E-state index contributed by atoms with van der Waals surface area (Å²) in [5.41, 5.74) is 3.15. The summed E-state index contributed by atoms with van der Waals surface area (Å²) in [4.78, 5) is 8.88. The molecule has 0 amide bonds. The van der Waals surface area contributed by atoms with Gasteiger partial charge in [-0.2, -0.15) is 0 Å². The van der Waals surface area contributed by atoms with Crippen molar-refractivity contribution in [2.24, 2.45) is 0 Å². The van der Waals surface area contributed by atoms with Gasteiger partial charge in [0.1, 0.15) is 16.7 Å². The molecule has 0 aliphatic heterocycles. The van der Waals surface area contributed by atoms with E-state index in [1.54, 1.807) is 0 Å². The molecule has 1 atom stereocenters. The smallest absolute Gasteiger partial charge is 0.132 e. The van der Waals surface area contributed by atoms with Gasteiger partial charge in [0.2, 0.25) is 0 Å². The van der Waals surface area contributed by atoms with E-state index < -0.39 is 0 Å². The third kappa shape index (κ3) is 1.90. The highest BCUT2D eigenvalue weighted by atomic mass is 35.5. The predicted molar refractivity (Wildman–Crippen MR) is 79.9 cm³/mol. The second kappa shape index (κ2) is 4.60. The van der Waals surface area contributed by atoms with Crippen LogP contribution in [-0.2, 0) is 0 Å². The molecule has 0 saturated heterocycles. The highest BCUT2D eigenvalue weighted by Gasteiger charge is 2.30. The molecule has 1 aromatic carbocycles. The molecule has 2 heterocycles. The zero-order valence-corrected chi connectivity index (χ0v) is 11.7. The molecule has 1 unspecified atom stereocenters. The van der Waals surface area contributed by atoms with Gasteiger partial charge in [-0.15, -0.1) is 11.6 Å². The number of halogens is 1. The fourth-order valence-corrected chi connectivity index (χ4v) is 2.94. The van der Waals surface area contributed by atoms with Crippen molar-refractivity contribution >= 4 is 22.6 Å². The molecule has 0 bridgehead atoms. The first-order valence-corrected chi connectivity index (χ1v) is 7.29. The Morgan fingerprint density at radius 1 is 1.15 bits per heavy atom. The van der Waals surface area contributed by atoms with Gasteiger partial charge in [0.15, 0.2) is 0 Å². The third-order valence-corrected chi connectivity index (χ3v) is 4.20. The lowest BCUT2D eigenvalue weighted by molar-refractivity contribution is 0.709. The van der Waals surface area contributed by atoms with Crippen LogP contribution in [0.1, 0.15) is 35.6 Å². The van der Waals surface area contributed by atoms with Crippen LogP contribution in [0, 0.1) is 0 Å². The zero-order valence-electron chi connectivity index (χ0n) is 10.9. The molecule has 1 aliphatic carbocycles. The minimum Gasteiger partial charge on any atom is -0.323 e. The fraction of sp³-hybridized carbons (Fsp3) is 0.250. The Morgan fingerprint density at radius 3 is 2.70 bits per heavy atom. The molecule has 3 aromatic rings. The van der Waals surface area contributed by atoms with E-state index in [0.29, 0.717) is 6.04 Å². The maximum absolute atomic E-state index is 6.68. The molecule has 20 heavy (non-hydrogen) atoms. The summed E-state index contributed by atoms with van der Waals surface area (Å²) in [7, 11) is 0. The van der Waals surface area contributed by atoms with Gasteiger partial charge >= 0.3 is 0 Å². The maximum Gasteiger partial charge on any atom is 0.132 e. The molecule has 4 rings (SSSR count). The maximum atomic E-state index is 6.68. The van der Waals surface area contributed by atoms with Gasteiger partial charge in [0.25, 0.3) is 0 Å². The van der Waals surface area contributed by atoms with Crippen molar-refractivity contribution in [3.05, 3.63) is 60.2 Å². The minimum atomic E-state index is -0.218. The van der Waals surface area contributed by atoms with E-state index in [1.807, 2.05) is 48.8 Å². The van der Waals surface area contributed by atoms with Crippen LogP contribution in [0.5, 0.6) is 0 Å². The topological polar surface area (TPSA) is 30.7 Å². The normalized spacial score (nSPS) is 16.4. The Hall–Kier alpha value is -1.87. The molecule has 3 nitrogen and oxygen atoms in total. The second-order valence-electron chi connectivity index (χ2n) is 5.21. The Balaban J connectivity index is 1.89. The highest BCUT2D eigenvalue weighted by molar-refractivity contribution is 6.22. The van der Waals surface area contributed by atoms with Crippen LogP contribution in [0.15, 0.2) is 48.8 Å². The van der Waals surface area contributed by atoms with E-state index in [4.69, 9.17) is 16.6 Å². The van der Waals surface area contributed by atoms with E-state index in [-0.39, 0.29) is 5.38 Å². The Kier molecular flexibility index (Phi) is 2.74.